The second-order valence-corrected chi connectivity index (χ2v) is 15.4. The number of nitrogens with zero attached hydrogens (tertiary/aromatic N) is 1. The van der Waals surface area contributed by atoms with E-state index in [4.69, 9.17) is 0 Å². The molecule has 0 saturated heterocycles. The molecule has 42 heavy (non-hydrogen) atoms. The number of amidine groups is 1. The van der Waals surface area contributed by atoms with E-state index in [9.17, 15) is 31.2 Å². The quantitative estimate of drug-likeness (QED) is 0.341. The molecule has 4 rings (SSSR count). The van der Waals surface area contributed by atoms with Crippen molar-refractivity contribution >= 4 is 54.9 Å². The van der Waals surface area contributed by atoms with Gasteiger partial charge in [0.15, 0.2) is 11.6 Å². The topological polar surface area (TPSA) is 180 Å². The van der Waals surface area contributed by atoms with E-state index in [0.717, 1.165) is 12.3 Å². The fourth-order valence-corrected chi connectivity index (χ4v) is 6.81. The number of anilines is 2. The Hall–Kier alpha value is -3.78. The Morgan fingerprint density at radius 2 is 1.79 bits per heavy atom. The average Bonchev–Trinajstić information content (AvgIpc) is 2.84. The van der Waals surface area contributed by atoms with Gasteiger partial charge in [-0.05, 0) is 63.3 Å². The lowest BCUT2D eigenvalue weighted by Crippen LogP contribution is -2.63. The van der Waals surface area contributed by atoms with Gasteiger partial charge in [0.05, 0.1) is 11.9 Å². The number of nitrogens with one attached hydrogen (secondary N) is 4. The minimum Gasteiger partial charge on any atom is -0.341 e. The number of rotatable bonds is 7. The summed E-state index contributed by atoms with van der Waals surface area (Å²) in [4.78, 5) is 41.3. The molecule has 0 radical (unpaired) electrons. The summed E-state index contributed by atoms with van der Waals surface area (Å²) in [6.07, 6.45) is 1.59. The molecule has 1 aliphatic carbocycles. The number of Topliss-reactive ketones (excluding diaryl/α,β-unsaturated/α-hetero) is 2. The lowest BCUT2D eigenvalue weighted by Gasteiger charge is -2.42. The second kappa shape index (κ2) is 10.8. The summed E-state index contributed by atoms with van der Waals surface area (Å²) in [5.41, 5.74) is -1.77. The van der Waals surface area contributed by atoms with Crippen LogP contribution in [0.2, 0.25) is 0 Å². The zero-order valence-corrected chi connectivity index (χ0v) is 25.9. The third-order valence-corrected chi connectivity index (χ3v) is 8.76. The van der Waals surface area contributed by atoms with Crippen LogP contribution in [0.5, 0.6) is 0 Å². The number of fused-ring (bicyclic) bond motifs is 2. The van der Waals surface area contributed by atoms with E-state index in [1.54, 1.807) is 45.0 Å². The highest BCUT2D eigenvalue weighted by atomic mass is 32.2. The Labute approximate surface area is 245 Å². The molecule has 14 heteroatoms. The van der Waals surface area contributed by atoms with E-state index in [1.807, 2.05) is 13.8 Å². The maximum absolute atomic E-state index is 14.5. The number of carbonyl (C=O) groups is 3. The third-order valence-electron chi connectivity index (χ3n) is 6.83. The molecule has 2 aromatic carbocycles. The van der Waals surface area contributed by atoms with Crippen molar-refractivity contribution in [2.45, 2.75) is 63.4 Å². The Morgan fingerprint density at radius 3 is 2.40 bits per heavy atom. The van der Waals surface area contributed by atoms with Crippen molar-refractivity contribution < 1.29 is 31.2 Å². The summed E-state index contributed by atoms with van der Waals surface area (Å²) in [5, 5.41) is 8.49. The molecule has 12 nitrogen and oxygen atoms in total. The number of carbonyl (C=O) groups excluding carboxylic acids is 3. The Kier molecular flexibility index (Phi) is 8.02. The van der Waals surface area contributed by atoms with Gasteiger partial charge in [0.25, 0.3) is 10.0 Å². The van der Waals surface area contributed by atoms with Crippen LogP contribution >= 0.6 is 0 Å². The summed E-state index contributed by atoms with van der Waals surface area (Å²) < 4.78 is 56.0. The summed E-state index contributed by atoms with van der Waals surface area (Å²) in [5.74, 6) is -3.30. The molecule has 1 aliphatic heterocycles. The molecular formula is C28H35N5O7S2. The normalized spacial score (nSPS) is 21.5. The number of benzene rings is 2. The van der Waals surface area contributed by atoms with E-state index in [2.05, 4.69) is 25.1 Å². The average molecular weight is 618 g/mol. The van der Waals surface area contributed by atoms with E-state index in [0.29, 0.717) is 12.0 Å². The smallest absolute Gasteiger partial charge is 0.316 e. The van der Waals surface area contributed by atoms with Gasteiger partial charge in [-0.1, -0.05) is 38.1 Å². The molecule has 0 saturated carbocycles. The minimum atomic E-state index is -4.47. The SMILES string of the molecule is CC(C)CCC1(NC(=O)NC(C)(C)C)C(=O)C(C2=NS(=O)(=O)c3cc(NS(C)(=O)=O)ccc3N2)C(=O)c2ccccc21. The standard InChI is InChI=1S/C28H35N5O7S2/c1-16(2)13-14-28(31-26(36)30-27(3,4)5)19-10-8-7-9-18(19)23(34)22(24(28)35)25-29-20-12-11-17(32-41(6,37)38)15-21(20)42(39,40)33-25/h7-12,15-16,22,32H,13-14H2,1-6H3,(H,29,33)(H2,30,31,36). The molecule has 0 fully saturated rings. The van der Waals surface area contributed by atoms with Gasteiger partial charge < -0.3 is 16.0 Å². The number of ketones is 2. The van der Waals surface area contributed by atoms with Crippen LogP contribution < -0.4 is 20.7 Å². The molecule has 4 N–H and O–H groups in total. The van der Waals surface area contributed by atoms with Crippen LogP contribution in [-0.2, 0) is 30.4 Å². The highest BCUT2D eigenvalue weighted by Gasteiger charge is 2.55. The lowest BCUT2D eigenvalue weighted by atomic mass is 9.67. The van der Waals surface area contributed by atoms with Gasteiger partial charge in [-0.3, -0.25) is 14.3 Å². The predicted molar refractivity (Wildman–Crippen MR) is 160 cm³/mol. The van der Waals surface area contributed by atoms with E-state index >= 15 is 0 Å². The first kappa shape index (κ1) is 31.2. The number of hydrogen-bond acceptors (Lipinski definition) is 8. The van der Waals surface area contributed by atoms with Gasteiger partial charge >= 0.3 is 6.03 Å². The molecule has 2 aromatic rings. The molecule has 0 spiro atoms. The van der Waals surface area contributed by atoms with Gasteiger partial charge in [0.1, 0.15) is 22.2 Å². The Morgan fingerprint density at radius 1 is 1.12 bits per heavy atom. The zero-order valence-electron chi connectivity index (χ0n) is 24.2. The Bertz CT molecular complexity index is 1710. The molecule has 0 aromatic heterocycles. The fraction of sp³-hybridized carbons (Fsp3) is 0.429. The van der Waals surface area contributed by atoms with Crippen molar-refractivity contribution in [3.8, 4) is 0 Å². The van der Waals surface area contributed by atoms with Gasteiger partial charge in [0, 0.05) is 16.8 Å². The summed E-state index contributed by atoms with van der Waals surface area (Å²) in [7, 11) is -8.15. The number of amides is 2. The maximum atomic E-state index is 14.5. The predicted octanol–water partition coefficient (Wildman–Crippen LogP) is 3.38. The molecule has 2 aliphatic rings. The van der Waals surface area contributed by atoms with Gasteiger partial charge in [-0.2, -0.15) is 8.42 Å². The molecule has 1 heterocycles. The third kappa shape index (κ3) is 6.33. The van der Waals surface area contributed by atoms with Crippen LogP contribution in [0.15, 0.2) is 51.8 Å². The van der Waals surface area contributed by atoms with E-state index in [-0.39, 0.29) is 34.2 Å². The van der Waals surface area contributed by atoms with Crippen LogP contribution in [0.1, 0.15) is 63.4 Å². The van der Waals surface area contributed by atoms with Crippen molar-refractivity contribution in [3.05, 3.63) is 53.6 Å². The van der Waals surface area contributed by atoms with Crippen molar-refractivity contribution in [2.24, 2.45) is 16.2 Å². The van der Waals surface area contributed by atoms with Gasteiger partial charge in [-0.15, -0.1) is 4.40 Å². The first-order valence-corrected chi connectivity index (χ1v) is 16.7. The van der Waals surface area contributed by atoms with Gasteiger partial charge in [-0.25, -0.2) is 13.2 Å². The Balaban J connectivity index is 1.85. The number of sulfonamides is 2. The summed E-state index contributed by atoms with van der Waals surface area (Å²) >= 11 is 0. The lowest BCUT2D eigenvalue weighted by molar-refractivity contribution is -0.127. The molecule has 2 amide bonds. The highest BCUT2D eigenvalue weighted by Crippen LogP contribution is 2.42. The fourth-order valence-electron chi connectivity index (χ4n) is 5.07. The van der Waals surface area contributed by atoms with Crippen LogP contribution in [0.25, 0.3) is 0 Å². The van der Waals surface area contributed by atoms with Crippen LogP contribution in [-0.4, -0.2) is 52.1 Å². The summed E-state index contributed by atoms with van der Waals surface area (Å²) in [6, 6.07) is 9.61. The molecule has 2 unspecified atom stereocenters. The highest BCUT2D eigenvalue weighted by molar-refractivity contribution is 7.92. The minimum absolute atomic E-state index is 0.000727. The van der Waals surface area contributed by atoms with E-state index in [1.165, 1.54) is 12.1 Å². The van der Waals surface area contributed by atoms with Crippen LogP contribution in [0.4, 0.5) is 16.2 Å². The summed E-state index contributed by atoms with van der Waals surface area (Å²) in [6.45, 7) is 9.30. The van der Waals surface area contributed by atoms with Crippen molar-refractivity contribution in [3.63, 3.8) is 0 Å². The monoisotopic (exact) mass is 617 g/mol. The first-order chi connectivity index (χ1) is 19.3. The number of urea groups is 1. The molecule has 0 bridgehead atoms. The van der Waals surface area contributed by atoms with E-state index < -0.39 is 60.5 Å². The van der Waals surface area contributed by atoms with Gasteiger partial charge in [0.2, 0.25) is 10.0 Å². The number of hydrogen-bond donors (Lipinski definition) is 4. The van der Waals surface area contributed by atoms with Crippen LogP contribution in [0.3, 0.4) is 0 Å². The van der Waals surface area contributed by atoms with Crippen molar-refractivity contribution in [1.29, 1.82) is 0 Å². The van der Waals surface area contributed by atoms with Crippen LogP contribution in [0, 0.1) is 11.8 Å². The molecule has 2 atom stereocenters. The maximum Gasteiger partial charge on any atom is 0.316 e. The van der Waals surface area contributed by atoms with Crippen molar-refractivity contribution in [1.82, 2.24) is 10.6 Å². The first-order valence-electron chi connectivity index (χ1n) is 13.3. The zero-order chi connectivity index (χ0) is 31.3. The largest absolute Gasteiger partial charge is 0.341 e. The molecule has 226 valence electrons. The molecular weight excluding hydrogens is 582 g/mol. The van der Waals surface area contributed by atoms with Crippen molar-refractivity contribution in [2.75, 3.05) is 16.3 Å². The second-order valence-electron chi connectivity index (χ2n) is 12.0.